The molecular formula is C23H38IN5O13. The monoisotopic (exact) mass is 719 g/mol. The van der Waals surface area contributed by atoms with Gasteiger partial charge in [-0.2, -0.15) is 0 Å². The van der Waals surface area contributed by atoms with E-state index in [4.69, 9.17) is 25.7 Å². The fourth-order valence-electron chi connectivity index (χ4n) is 3.67. The van der Waals surface area contributed by atoms with Crippen LogP contribution < -0.4 is 16.8 Å². The number of carbonyl (C=O) groups is 4. The molecule has 240 valence electrons. The second-order valence-corrected chi connectivity index (χ2v) is 10.4. The van der Waals surface area contributed by atoms with Crippen molar-refractivity contribution in [2.24, 2.45) is 11.5 Å². The third-order valence-electron chi connectivity index (χ3n) is 5.87. The zero-order valence-corrected chi connectivity index (χ0v) is 25.1. The zero-order valence-electron chi connectivity index (χ0n) is 22.9. The molecule has 10 N–H and O–H groups in total. The molecule has 42 heavy (non-hydrogen) atoms. The summed E-state index contributed by atoms with van der Waals surface area (Å²) in [6.45, 7) is 1.79. The van der Waals surface area contributed by atoms with Crippen LogP contribution >= 0.6 is 21.5 Å². The summed E-state index contributed by atoms with van der Waals surface area (Å²) in [5.41, 5.74) is 9.92. The van der Waals surface area contributed by atoms with Crippen LogP contribution in [-0.4, -0.2) is 127 Å². The van der Waals surface area contributed by atoms with Gasteiger partial charge >= 0.3 is 0 Å². The molecule has 7 unspecified atom stereocenters. The zero-order chi connectivity index (χ0) is 32.0. The second kappa shape index (κ2) is 18.7. The van der Waals surface area contributed by atoms with Crippen molar-refractivity contribution in [3.05, 3.63) is 24.1 Å². The van der Waals surface area contributed by atoms with E-state index in [9.17, 15) is 47.9 Å². The number of carbonyl (C=O) groups excluding carboxylic acids is 4. The van der Waals surface area contributed by atoms with Crippen molar-refractivity contribution in [2.75, 3.05) is 26.9 Å². The molecule has 0 spiro atoms. The summed E-state index contributed by atoms with van der Waals surface area (Å²) < 4.78 is 27.5. The van der Waals surface area contributed by atoms with Gasteiger partial charge in [0.05, 0.1) is 0 Å². The van der Waals surface area contributed by atoms with Crippen LogP contribution in [0.15, 0.2) is 24.1 Å². The minimum atomic E-state index is -1.89. The molecule has 2 rings (SSSR count). The van der Waals surface area contributed by atoms with Crippen LogP contribution in [0.4, 0.5) is 0 Å². The van der Waals surface area contributed by atoms with Gasteiger partial charge in [0.25, 0.3) is 33.3 Å². The smallest absolute Gasteiger partial charge is 0.286 e. The first kappa shape index (κ1) is 37.2. The number of halogens is 1. The Hall–Kier alpha value is -2.79. The molecule has 19 heteroatoms. The number of nitrogens with zero attached hydrogens (tertiary/aromatic N) is 2. The van der Waals surface area contributed by atoms with Crippen LogP contribution in [0.5, 0.6) is 0 Å². The third-order valence-corrected chi connectivity index (χ3v) is 7.19. The third kappa shape index (κ3) is 11.5. The first-order valence-corrected chi connectivity index (χ1v) is 14.5. The quantitative estimate of drug-likeness (QED) is 0.0303. The lowest BCUT2D eigenvalue weighted by Crippen LogP contribution is -2.53. The maximum atomic E-state index is 11.9. The highest BCUT2D eigenvalue weighted by Crippen LogP contribution is 2.21. The molecule has 2 heterocycles. The molecule has 2 aliphatic rings. The van der Waals surface area contributed by atoms with Crippen LogP contribution in [0.1, 0.15) is 26.2 Å². The summed E-state index contributed by atoms with van der Waals surface area (Å²) >= 11 is -1.89. The molecule has 1 fully saturated rings. The SMILES string of the molecule is CCOC(C(O)C(OC)C(O)C(N)=O)N(/C=C\C(N)=O)I=O.O=C(NC1CCCCN(O)C1=O)C1=CC(O)C(O)CO1. The Morgan fingerprint density at radius 1 is 1.29 bits per heavy atom. The molecule has 0 aromatic heterocycles. The van der Waals surface area contributed by atoms with E-state index in [1.807, 2.05) is 0 Å². The Morgan fingerprint density at radius 3 is 2.48 bits per heavy atom. The predicted molar refractivity (Wildman–Crippen MR) is 148 cm³/mol. The number of methoxy groups -OCH3 is 1. The first-order chi connectivity index (χ1) is 19.8. The largest absolute Gasteiger partial charge is 0.485 e. The van der Waals surface area contributed by atoms with Crippen LogP contribution in [0.2, 0.25) is 0 Å². The number of amides is 4. The number of rotatable bonds is 13. The highest BCUT2D eigenvalue weighted by molar-refractivity contribution is 14.1. The molecule has 2 aliphatic heterocycles. The van der Waals surface area contributed by atoms with Crippen LogP contribution in [0, 0.1) is 0 Å². The van der Waals surface area contributed by atoms with Crippen molar-refractivity contribution in [3.8, 4) is 0 Å². The molecule has 0 aliphatic carbocycles. The van der Waals surface area contributed by atoms with Gasteiger partial charge < -0.3 is 51.4 Å². The Morgan fingerprint density at radius 2 is 1.95 bits per heavy atom. The van der Waals surface area contributed by atoms with E-state index in [0.717, 1.165) is 28.6 Å². The lowest BCUT2D eigenvalue weighted by Gasteiger charge is -2.33. The topological polar surface area (TPSA) is 285 Å². The van der Waals surface area contributed by atoms with E-state index in [0.29, 0.717) is 24.3 Å². The Bertz CT molecular complexity index is 1000. The fourth-order valence-corrected chi connectivity index (χ4v) is 4.68. The van der Waals surface area contributed by atoms with E-state index in [-0.39, 0.29) is 25.5 Å². The van der Waals surface area contributed by atoms with Crippen molar-refractivity contribution in [3.63, 3.8) is 0 Å². The van der Waals surface area contributed by atoms with Crippen molar-refractivity contribution in [1.82, 2.24) is 13.5 Å². The van der Waals surface area contributed by atoms with Gasteiger partial charge in [-0.05, 0) is 32.3 Å². The highest BCUT2D eigenvalue weighted by Gasteiger charge is 2.39. The molecule has 0 aromatic carbocycles. The fraction of sp³-hybridized carbons (Fsp3) is 0.652. The number of aliphatic hydroxyl groups is 4. The van der Waals surface area contributed by atoms with Crippen molar-refractivity contribution in [2.45, 2.75) is 69.0 Å². The molecule has 0 aromatic rings. The minimum Gasteiger partial charge on any atom is -0.485 e. The lowest BCUT2D eigenvalue weighted by molar-refractivity contribution is -0.167. The van der Waals surface area contributed by atoms with Crippen molar-refractivity contribution < 1.29 is 62.1 Å². The average molecular weight is 719 g/mol. The Balaban J connectivity index is 0.000000421. The predicted octanol–water partition coefficient (Wildman–Crippen LogP) is -3.39. The highest BCUT2D eigenvalue weighted by atomic mass is 127. The van der Waals surface area contributed by atoms with E-state index in [2.05, 4.69) is 5.32 Å². The second-order valence-electron chi connectivity index (χ2n) is 8.90. The number of hydrogen-bond acceptors (Lipinski definition) is 13. The maximum absolute atomic E-state index is 11.9. The number of hydroxylamine groups is 2. The first-order valence-electron chi connectivity index (χ1n) is 12.6. The van der Waals surface area contributed by atoms with Crippen LogP contribution in [-0.2, 0) is 36.5 Å². The molecule has 18 nitrogen and oxygen atoms in total. The lowest BCUT2D eigenvalue weighted by atomic mass is 10.1. The number of nitrogens with one attached hydrogen (secondary N) is 1. The summed E-state index contributed by atoms with van der Waals surface area (Å²) in [5.74, 6) is -3.23. The standard InChI is InChI=1S/C12H18N2O6.C11H20IN3O7/c15-8-5-10(20-6-9(8)16)11(17)13-7-3-1-2-4-14(19)12(7)18;1-3-22-11(15(12-20)5-4-6(13)16)8(18)9(21-2)7(17)10(14)19/h5,7-9,15-16,19H,1-4,6H2,(H,13,17);4-5,7-9,11,17-18H,3H2,1-2H3,(H2,13,16)(H2,14,19)/b;5-4-. The van der Waals surface area contributed by atoms with E-state index >= 15 is 0 Å². The van der Waals surface area contributed by atoms with E-state index in [1.54, 1.807) is 6.92 Å². The minimum absolute atomic E-state index is 0.121. The van der Waals surface area contributed by atoms with Gasteiger partial charge in [-0.3, -0.25) is 27.5 Å². The van der Waals surface area contributed by atoms with Crippen molar-refractivity contribution in [1.29, 1.82) is 0 Å². The normalized spacial score (nSPS) is 23.7. The summed E-state index contributed by atoms with van der Waals surface area (Å²) in [7, 11) is 1.15. The molecule has 1 saturated heterocycles. The Labute approximate surface area is 251 Å². The van der Waals surface area contributed by atoms with Gasteiger partial charge in [-0.15, -0.1) is 0 Å². The maximum Gasteiger partial charge on any atom is 0.286 e. The molecule has 0 bridgehead atoms. The van der Waals surface area contributed by atoms with Gasteiger partial charge in [-0.1, -0.05) is 0 Å². The molecular weight excluding hydrogens is 681 g/mol. The van der Waals surface area contributed by atoms with Gasteiger partial charge in [0.15, 0.2) is 18.1 Å². The average Bonchev–Trinajstić information content (AvgIpc) is 3.10. The van der Waals surface area contributed by atoms with Gasteiger partial charge in [-0.25, -0.2) is 8.13 Å². The molecule has 7 atom stereocenters. The summed E-state index contributed by atoms with van der Waals surface area (Å²) in [4.78, 5) is 45.5. The van der Waals surface area contributed by atoms with Gasteiger partial charge in [0, 0.05) is 32.5 Å². The van der Waals surface area contributed by atoms with E-state index < -0.39 is 87.9 Å². The number of primary amides is 2. The number of ether oxygens (including phenoxy) is 3. The van der Waals surface area contributed by atoms with Crippen LogP contribution in [0.25, 0.3) is 0 Å². The van der Waals surface area contributed by atoms with Crippen LogP contribution in [0.3, 0.4) is 0 Å². The summed E-state index contributed by atoms with van der Waals surface area (Å²) in [6, 6.07) is -0.816. The Kier molecular flexibility index (Phi) is 16.6. The molecule has 4 amide bonds. The van der Waals surface area contributed by atoms with E-state index in [1.165, 1.54) is 0 Å². The molecule has 0 radical (unpaired) electrons. The summed E-state index contributed by atoms with van der Waals surface area (Å²) in [5, 5.41) is 51.1. The molecule has 0 saturated carbocycles. The number of nitrogens with two attached hydrogens (primary N) is 2. The van der Waals surface area contributed by atoms with Gasteiger partial charge in [0.2, 0.25) is 11.8 Å². The van der Waals surface area contributed by atoms with Crippen molar-refractivity contribution >= 4 is 45.1 Å². The van der Waals surface area contributed by atoms with Gasteiger partial charge in [0.1, 0.15) is 37.1 Å². The summed E-state index contributed by atoms with van der Waals surface area (Å²) in [6.07, 6.45) is -3.33. The number of hydrogen-bond donors (Lipinski definition) is 8. The number of aliphatic hydroxyl groups excluding tert-OH is 4.